The molecular formula is C15H24N2O4. The second kappa shape index (κ2) is 9.33. The normalized spacial score (nSPS) is 12.0. The Labute approximate surface area is 125 Å². The van der Waals surface area contributed by atoms with E-state index in [0.29, 0.717) is 32.0 Å². The summed E-state index contributed by atoms with van der Waals surface area (Å²) in [5, 5.41) is 12.3. The lowest BCUT2D eigenvalue weighted by atomic mass is 10.1. The number of hydrogen-bond acceptors (Lipinski definition) is 4. The van der Waals surface area contributed by atoms with Crippen molar-refractivity contribution in [1.82, 2.24) is 4.90 Å². The maximum atomic E-state index is 12.2. The molecule has 0 heterocycles. The van der Waals surface area contributed by atoms with Gasteiger partial charge in [0, 0.05) is 33.0 Å². The number of hydrogen-bond donors (Lipinski definition) is 2. The van der Waals surface area contributed by atoms with Crippen LogP contribution in [0.25, 0.3) is 0 Å². The molecule has 0 fully saturated rings. The first-order valence-corrected chi connectivity index (χ1v) is 6.90. The van der Waals surface area contributed by atoms with Gasteiger partial charge in [0.2, 0.25) is 0 Å². The van der Waals surface area contributed by atoms with Gasteiger partial charge in [0.1, 0.15) is 0 Å². The monoisotopic (exact) mass is 296 g/mol. The van der Waals surface area contributed by atoms with Crippen molar-refractivity contribution in [2.45, 2.75) is 13.0 Å². The topological polar surface area (TPSA) is 71.0 Å². The van der Waals surface area contributed by atoms with Crippen molar-refractivity contribution in [3.63, 3.8) is 0 Å². The van der Waals surface area contributed by atoms with Crippen LogP contribution in [0.15, 0.2) is 24.3 Å². The molecule has 2 amide bonds. The van der Waals surface area contributed by atoms with E-state index in [-0.39, 0.29) is 6.03 Å². The van der Waals surface area contributed by atoms with Gasteiger partial charge in [0.15, 0.2) is 0 Å². The highest BCUT2D eigenvalue weighted by Crippen LogP contribution is 2.15. The van der Waals surface area contributed by atoms with E-state index in [4.69, 9.17) is 9.47 Å². The number of aliphatic hydroxyl groups excluding tert-OH is 1. The van der Waals surface area contributed by atoms with Crippen molar-refractivity contribution >= 4 is 11.7 Å². The molecule has 1 aromatic rings. The molecule has 1 rings (SSSR count). The van der Waals surface area contributed by atoms with Crippen LogP contribution in [0.1, 0.15) is 18.6 Å². The lowest BCUT2D eigenvalue weighted by Gasteiger charge is -2.22. The van der Waals surface area contributed by atoms with E-state index in [1.54, 1.807) is 50.3 Å². The average molecular weight is 296 g/mol. The fraction of sp³-hybridized carbons (Fsp3) is 0.533. The van der Waals surface area contributed by atoms with Crippen molar-refractivity contribution in [1.29, 1.82) is 0 Å². The van der Waals surface area contributed by atoms with E-state index in [9.17, 15) is 9.90 Å². The minimum atomic E-state index is -0.519. The van der Waals surface area contributed by atoms with Crippen LogP contribution in [0.5, 0.6) is 0 Å². The first-order valence-electron chi connectivity index (χ1n) is 6.90. The summed E-state index contributed by atoms with van der Waals surface area (Å²) in [7, 11) is 3.20. The summed E-state index contributed by atoms with van der Waals surface area (Å²) in [5.74, 6) is 0. The van der Waals surface area contributed by atoms with Gasteiger partial charge >= 0.3 is 6.03 Å². The van der Waals surface area contributed by atoms with Crippen LogP contribution in [-0.2, 0) is 9.47 Å². The van der Waals surface area contributed by atoms with Gasteiger partial charge in [-0.3, -0.25) is 0 Å². The number of ether oxygens (including phenoxy) is 2. The molecule has 0 saturated heterocycles. The molecule has 0 radical (unpaired) electrons. The number of urea groups is 1. The zero-order valence-corrected chi connectivity index (χ0v) is 12.8. The smallest absolute Gasteiger partial charge is 0.321 e. The predicted molar refractivity (Wildman–Crippen MR) is 81.4 cm³/mol. The summed E-state index contributed by atoms with van der Waals surface area (Å²) in [6.45, 7) is 3.63. The highest BCUT2D eigenvalue weighted by Gasteiger charge is 2.13. The van der Waals surface area contributed by atoms with Crippen molar-refractivity contribution in [3.05, 3.63) is 29.8 Å². The summed E-state index contributed by atoms with van der Waals surface area (Å²) >= 11 is 0. The second-order valence-corrected chi connectivity index (χ2v) is 4.70. The Hall–Kier alpha value is -1.63. The van der Waals surface area contributed by atoms with Crippen LogP contribution in [0.3, 0.4) is 0 Å². The lowest BCUT2D eigenvalue weighted by Crippen LogP contribution is -2.39. The average Bonchev–Trinajstić information content (AvgIpc) is 2.47. The first kappa shape index (κ1) is 17.4. The Balaban J connectivity index is 2.62. The Bertz CT molecular complexity index is 412. The quantitative estimate of drug-likeness (QED) is 0.768. The summed E-state index contributed by atoms with van der Waals surface area (Å²) in [6.07, 6.45) is -0.519. The minimum absolute atomic E-state index is 0.200. The number of carbonyl (C=O) groups is 1. The number of amides is 2. The van der Waals surface area contributed by atoms with Gasteiger partial charge < -0.3 is 24.8 Å². The molecule has 0 bridgehead atoms. The fourth-order valence-electron chi connectivity index (χ4n) is 1.77. The van der Waals surface area contributed by atoms with Crippen LogP contribution in [0.2, 0.25) is 0 Å². The van der Waals surface area contributed by atoms with E-state index in [0.717, 1.165) is 5.56 Å². The molecule has 21 heavy (non-hydrogen) atoms. The second-order valence-electron chi connectivity index (χ2n) is 4.70. The highest BCUT2D eigenvalue weighted by molar-refractivity contribution is 5.89. The number of nitrogens with zero attached hydrogens (tertiary/aromatic N) is 1. The van der Waals surface area contributed by atoms with Crippen molar-refractivity contribution in [3.8, 4) is 0 Å². The van der Waals surface area contributed by atoms with Crippen molar-refractivity contribution < 1.29 is 19.4 Å². The first-order chi connectivity index (χ1) is 10.1. The summed E-state index contributed by atoms with van der Waals surface area (Å²) in [4.78, 5) is 13.8. The predicted octanol–water partition coefficient (Wildman–Crippen LogP) is 1.87. The van der Waals surface area contributed by atoms with E-state index in [1.807, 2.05) is 0 Å². The van der Waals surface area contributed by atoms with Crippen LogP contribution in [0.4, 0.5) is 10.5 Å². The van der Waals surface area contributed by atoms with Crippen LogP contribution < -0.4 is 5.32 Å². The standard InChI is InChI=1S/C15H24N2O4/c1-12(18)13-4-6-14(7-5-13)16-15(19)17(8-10-20-2)9-11-21-3/h4-7,12,18H,8-11H2,1-3H3,(H,16,19). The third-order valence-corrected chi connectivity index (χ3v) is 3.06. The Morgan fingerprint density at radius 1 is 1.19 bits per heavy atom. The molecule has 1 aromatic carbocycles. The number of benzene rings is 1. The molecule has 0 aliphatic carbocycles. The Morgan fingerprint density at radius 3 is 2.14 bits per heavy atom. The van der Waals surface area contributed by atoms with Gasteiger partial charge in [-0.2, -0.15) is 0 Å². The zero-order valence-electron chi connectivity index (χ0n) is 12.8. The molecule has 2 N–H and O–H groups in total. The van der Waals surface area contributed by atoms with Crippen LogP contribution in [-0.4, -0.2) is 56.6 Å². The third-order valence-electron chi connectivity index (χ3n) is 3.06. The number of methoxy groups -OCH3 is 2. The molecule has 0 aliphatic rings. The molecular weight excluding hydrogens is 272 g/mol. The fourth-order valence-corrected chi connectivity index (χ4v) is 1.77. The maximum absolute atomic E-state index is 12.2. The Morgan fingerprint density at radius 2 is 1.71 bits per heavy atom. The molecule has 6 nitrogen and oxygen atoms in total. The van der Waals surface area contributed by atoms with Crippen LogP contribution >= 0.6 is 0 Å². The summed E-state index contributed by atoms with van der Waals surface area (Å²) < 4.78 is 10.0. The molecule has 0 aromatic heterocycles. The zero-order chi connectivity index (χ0) is 15.7. The van der Waals surface area contributed by atoms with Gasteiger partial charge in [-0.1, -0.05) is 12.1 Å². The summed E-state index contributed by atoms with van der Waals surface area (Å²) in [5.41, 5.74) is 1.49. The number of rotatable bonds is 8. The highest BCUT2D eigenvalue weighted by atomic mass is 16.5. The maximum Gasteiger partial charge on any atom is 0.321 e. The van der Waals surface area contributed by atoms with E-state index in [1.165, 1.54) is 0 Å². The van der Waals surface area contributed by atoms with Crippen molar-refractivity contribution in [2.75, 3.05) is 45.8 Å². The molecule has 0 saturated carbocycles. The minimum Gasteiger partial charge on any atom is -0.389 e. The number of anilines is 1. The third kappa shape index (κ3) is 6.12. The molecule has 0 spiro atoms. The number of aliphatic hydroxyl groups is 1. The largest absolute Gasteiger partial charge is 0.389 e. The van der Waals surface area contributed by atoms with Crippen molar-refractivity contribution in [2.24, 2.45) is 0 Å². The number of nitrogens with one attached hydrogen (secondary N) is 1. The van der Waals surface area contributed by atoms with Crippen LogP contribution in [0, 0.1) is 0 Å². The molecule has 118 valence electrons. The van der Waals surface area contributed by atoms with E-state index < -0.39 is 6.10 Å². The SMILES string of the molecule is COCCN(CCOC)C(=O)Nc1ccc(C(C)O)cc1. The van der Waals surface area contributed by atoms with E-state index >= 15 is 0 Å². The van der Waals surface area contributed by atoms with Gasteiger partial charge in [0.05, 0.1) is 19.3 Å². The van der Waals surface area contributed by atoms with E-state index in [2.05, 4.69) is 5.32 Å². The molecule has 1 unspecified atom stereocenters. The lowest BCUT2D eigenvalue weighted by molar-refractivity contribution is 0.127. The summed E-state index contributed by atoms with van der Waals surface area (Å²) in [6, 6.07) is 6.91. The Kier molecular flexibility index (Phi) is 7.74. The molecule has 1 atom stereocenters. The number of carbonyl (C=O) groups excluding carboxylic acids is 1. The molecule has 0 aliphatic heterocycles. The van der Waals surface area contributed by atoms with Gasteiger partial charge in [-0.05, 0) is 24.6 Å². The van der Waals surface area contributed by atoms with Gasteiger partial charge in [-0.15, -0.1) is 0 Å². The van der Waals surface area contributed by atoms with Gasteiger partial charge in [0.25, 0.3) is 0 Å². The van der Waals surface area contributed by atoms with Gasteiger partial charge in [-0.25, -0.2) is 4.79 Å². The molecule has 6 heteroatoms.